The SMILES string of the molecule is NC(=O)c1sccc1NS(=O)(=O)c1ccc(Oc2ccccc2)cc1. The van der Waals surface area contributed by atoms with Crippen LogP contribution >= 0.6 is 11.3 Å². The Kier molecular flexibility index (Phi) is 4.73. The number of ether oxygens (including phenoxy) is 1. The second-order valence-corrected chi connectivity index (χ2v) is 7.62. The fraction of sp³-hybridized carbons (Fsp3) is 0. The maximum absolute atomic E-state index is 12.4. The van der Waals surface area contributed by atoms with Gasteiger partial charge in [-0.3, -0.25) is 9.52 Å². The van der Waals surface area contributed by atoms with Crippen molar-refractivity contribution in [2.24, 2.45) is 5.73 Å². The minimum absolute atomic E-state index is 0.0505. The summed E-state index contributed by atoms with van der Waals surface area (Å²) in [6.07, 6.45) is 0. The van der Waals surface area contributed by atoms with Crippen molar-refractivity contribution in [1.82, 2.24) is 0 Å². The average Bonchev–Trinajstić information content (AvgIpc) is 3.04. The van der Waals surface area contributed by atoms with Gasteiger partial charge in [0.1, 0.15) is 16.4 Å². The van der Waals surface area contributed by atoms with E-state index in [-0.39, 0.29) is 15.5 Å². The molecular weight excluding hydrogens is 360 g/mol. The number of primary amides is 1. The third-order valence-corrected chi connectivity index (χ3v) is 5.56. The summed E-state index contributed by atoms with van der Waals surface area (Å²) < 4.78 is 32.9. The molecule has 0 saturated heterocycles. The van der Waals surface area contributed by atoms with Crippen LogP contribution in [-0.2, 0) is 10.0 Å². The molecule has 0 unspecified atom stereocenters. The summed E-state index contributed by atoms with van der Waals surface area (Å²) in [5, 5.41) is 1.59. The first-order valence-corrected chi connectivity index (χ1v) is 9.55. The van der Waals surface area contributed by atoms with Crippen LogP contribution in [0.5, 0.6) is 11.5 Å². The maximum atomic E-state index is 12.4. The van der Waals surface area contributed by atoms with Gasteiger partial charge in [0.25, 0.3) is 15.9 Å². The largest absolute Gasteiger partial charge is 0.457 e. The second-order valence-electron chi connectivity index (χ2n) is 5.02. The molecule has 128 valence electrons. The quantitative estimate of drug-likeness (QED) is 0.690. The van der Waals surface area contributed by atoms with Crippen LogP contribution in [0.2, 0.25) is 0 Å². The Morgan fingerprint density at radius 2 is 1.60 bits per heavy atom. The number of thiophene rings is 1. The number of anilines is 1. The molecule has 0 aliphatic heterocycles. The number of nitrogens with one attached hydrogen (secondary N) is 1. The van der Waals surface area contributed by atoms with Gasteiger partial charge in [-0.2, -0.15) is 0 Å². The molecule has 0 atom stereocenters. The molecule has 8 heteroatoms. The molecule has 0 aliphatic carbocycles. The van der Waals surface area contributed by atoms with Gasteiger partial charge in [0.2, 0.25) is 0 Å². The normalized spacial score (nSPS) is 11.0. The van der Waals surface area contributed by atoms with Gasteiger partial charge in [-0.1, -0.05) is 18.2 Å². The molecule has 3 rings (SSSR count). The van der Waals surface area contributed by atoms with Gasteiger partial charge in [-0.05, 0) is 47.8 Å². The molecule has 1 heterocycles. The lowest BCUT2D eigenvalue weighted by Gasteiger charge is -2.09. The summed E-state index contributed by atoms with van der Waals surface area (Å²) in [5.41, 5.74) is 5.40. The molecule has 0 aliphatic rings. The van der Waals surface area contributed by atoms with E-state index in [9.17, 15) is 13.2 Å². The minimum Gasteiger partial charge on any atom is -0.457 e. The van der Waals surface area contributed by atoms with Crippen molar-refractivity contribution in [3.8, 4) is 11.5 Å². The van der Waals surface area contributed by atoms with Crippen molar-refractivity contribution < 1.29 is 17.9 Å². The lowest BCUT2D eigenvalue weighted by Crippen LogP contribution is -2.16. The zero-order chi connectivity index (χ0) is 17.9. The fourth-order valence-corrected chi connectivity index (χ4v) is 3.93. The topological polar surface area (TPSA) is 98.5 Å². The minimum atomic E-state index is -3.84. The van der Waals surface area contributed by atoms with E-state index >= 15 is 0 Å². The smallest absolute Gasteiger partial charge is 0.261 e. The molecule has 0 radical (unpaired) electrons. The number of carbonyl (C=O) groups is 1. The van der Waals surface area contributed by atoms with E-state index in [1.54, 1.807) is 29.6 Å². The molecule has 0 fully saturated rings. The first-order valence-electron chi connectivity index (χ1n) is 7.19. The lowest BCUT2D eigenvalue weighted by molar-refractivity contribution is 0.100. The van der Waals surface area contributed by atoms with Gasteiger partial charge in [0.05, 0.1) is 10.6 Å². The van der Waals surface area contributed by atoms with Gasteiger partial charge in [-0.25, -0.2) is 8.42 Å². The molecule has 1 aromatic heterocycles. The van der Waals surface area contributed by atoms with Crippen LogP contribution in [0.1, 0.15) is 9.67 Å². The third kappa shape index (κ3) is 3.98. The van der Waals surface area contributed by atoms with Crippen LogP contribution in [0.4, 0.5) is 5.69 Å². The van der Waals surface area contributed by atoms with Gasteiger partial charge in [0, 0.05) is 0 Å². The van der Waals surface area contributed by atoms with Gasteiger partial charge in [-0.15, -0.1) is 11.3 Å². The summed E-state index contributed by atoms with van der Waals surface area (Å²) in [6.45, 7) is 0. The lowest BCUT2D eigenvalue weighted by atomic mass is 10.3. The Hall–Kier alpha value is -2.84. The van der Waals surface area contributed by atoms with Crippen LogP contribution < -0.4 is 15.2 Å². The van der Waals surface area contributed by atoms with E-state index < -0.39 is 15.9 Å². The van der Waals surface area contributed by atoms with Crippen LogP contribution in [-0.4, -0.2) is 14.3 Å². The summed E-state index contributed by atoms with van der Waals surface area (Å²) >= 11 is 1.08. The number of hydrogen-bond acceptors (Lipinski definition) is 5. The molecular formula is C17H14N2O4S2. The Labute approximate surface area is 148 Å². The fourth-order valence-electron chi connectivity index (χ4n) is 2.10. The maximum Gasteiger partial charge on any atom is 0.261 e. The average molecular weight is 374 g/mol. The molecule has 0 bridgehead atoms. The van der Waals surface area contributed by atoms with E-state index in [1.165, 1.54) is 18.2 Å². The molecule has 3 N–H and O–H groups in total. The van der Waals surface area contributed by atoms with Crippen molar-refractivity contribution in [1.29, 1.82) is 0 Å². The molecule has 3 aromatic rings. The standard InChI is InChI=1S/C17H14N2O4S2/c18-17(20)16-15(10-11-24-16)19-25(21,22)14-8-6-13(7-9-14)23-12-4-2-1-3-5-12/h1-11,19H,(H2,18,20). The van der Waals surface area contributed by atoms with Crippen molar-refractivity contribution in [3.05, 3.63) is 70.9 Å². The van der Waals surface area contributed by atoms with Crippen molar-refractivity contribution >= 4 is 33.0 Å². The Morgan fingerprint density at radius 1 is 0.960 bits per heavy atom. The van der Waals surface area contributed by atoms with Gasteiger partial charge in [0.15, 0.2) is 0 Å². The highest BCUT2D eigenvalue weighted by molar-refractivity contribution is 7.92. The number of amides is 1. The number of hydrogen-bond donors (Lipinski definition) is 2. The molecule has 25 heavy (non-hydrogen) atoms. The van der Waals surface area contributed by atoms with E-state index in [0.29, 0.717) is 11.5 Å². The highest BCUT2D eigenvalue weighted by Gasteiger charge is 2.18. The van der Waals surface area contributed by atoms with E-state index in [0.717, 1.165) is 11.3 Å². The predicted octanol–water partition coefficient (Wildman–Crippen LogP) is 3.44. The monoisotopic (exact) mass is 374 g/mol. The number of nitrogens with two attached hydrogens (primary N) is 1. The van der Waals surface area contributed by atoms with E-state index in [2.05, 4.69) is 4.72 Å². The van der Waals surface area contributed by atoms with E-state index in [4.69, 9.17) is 10.5 Å². The molecule has 2 aromatic carbocycles. The van der Waals surface area contributed by atoms with Crippen LogP contribution in [0.3, 0.4) is 0 Å². The number of rotatable bonds is 6. The zero-order valence-corrected chi connectivity index (χ0v) is 14.5. The Bertz CT molecular complexity index is 981. The van der Waals surface area contributed by atoms with Crippen LogP contribution in [0.25, 0.3) is 0 Å². The van der Waals surface area contributed by atoms with Crippen molar-refractivity contribution in [2.75, 3.05) is 4.72 Å². The summed E-state index contributed by atoms with van der Waals surface area (Å²) in [6, 6.07) is 16.6. The molecule has 0 saturated carbocycles. The zero-order valence-electron chi connectivity index (χ0n) is 12.9. The second kappa shape index (κ2) is 6.96. The summed E-state index contributed by atoms with van der Waals surface area (Å²) in [5.74, 6) is 0.485. The molecule has 6 nitrogen and oxygen atoms in total. The molecule has 1 amide bonds. The highest BCUT2D eigenvalue weighted by atomic mass is 32.2. The Balaban J connectivity index is 1.78. The predicted molar refractivity (Wildman–Crippen MR) is 96.6 cm³/mol. The van der Waals surface area contributed by atoms with Gasteiger partial charge < -0.3 is 10.5 Å². The first-order chi connectivity index (χ1) is 12.0. The third-order valence-electron chi connectivity index (χ3n) is 3.25. The van der Waals surface area contributed by atoms with Crippen LogP contribution in [0.15, 0.2) is 70.9 Å². The summed E-state index contributed by atoms with van der Waals surface area (Å²) in [4.78, 5) is 11.5. The summed E-state index contributed by atoms with van der Waals surface area (Å²) in [7, 11) is -3.84. The van der Waals surface area contributed by atoms with Crippen LogP contribution in [0, 0.1) is 0 Å². The van der Waals surface area contributed by atoms with E-state index in [1.807, 2.05) is 18.2 Å². The molecule has 0 spiro atoms. The number of carbonyl (C=O) groups excluding carboxylic acids is 1. The number of sulfonamides is 1. The Morgan fingerprint density at radius 3 is 2.24 bits per heavy atom. The van der Waals surface area contributed by atoms with Gasteiger partial charge >= 0.3 is 0 Å². The highest BCUT2D eigenvalue weighted by Crippen LogP contribution is 2.26. The number of para-hydroxylation sites is 1. The first kappa shape index (κ1) is 17.0. The van der Waals surface area contributed by atoms with Crippen molar-refractivity contribution in [2.45, 2.75) is 4.90 Å². The number of benzene rings is 2. The van der Waals surface area contributed by atoms with Crippen molar-refractivity contribution in [3.63, 3.8) is 0 Å².